The SMILES string of the molecule is CN(C)c1cccc(OCC(O)CN=[N+]=[N-])c1. The number of nitrogens with zero attached hydrogens (tertiary/aromatic N) is 4. The molecule has 0 saturated carbocycles. The van der Waals surface area contributed by atoms with Crippen LogP contribution in [0.15, 0.2) is 29.4 Å². The van der Waals surface area contributed by atoms with E-state index in [2.05, 4.69) is 10.0 Å². The molecule has 0 saturated heterocycles. The van der Waals surface area contributed by atoms with Crippen LogP contribution in [0.2, 0.25) is 0 Å². The summed E-state index contributed by atoms with van der Waals surface area (Å²) in [5, 5.41) is 12.7. The van der Waals surface area contributed by atoms with Gasteiger partial charge in [-0.1, -0.05) is 11.2 Å². The third-order valence-electron chi connectivity index (χ3n) is 2.13. The Kier molecular flexibility index (Phi) is 5.13. The monoisotopic (exact) mass is 236 g/mol. The van der Waals surface area contributed by atoms with Crippen molar-refractivity contribution in [1.82, 2.24) is 0 Å². The van der Waals surface area contributed by atoms with E-state index in [0.717, 1.165) is 5.69 Å². The van der Waals surface area contributed by atoms with E-state index in [4.69, 9.17) is 10.3 Å². The first kappa shape index (κ1) is 13.2. The standard InChI is InChI=1S/C11H16N4O2/c1-15(2)9-4-3-5-11(6-9)17-8-10(16)7-13-14-12/h3-6,10,16H,7-8H2,1-2H3. The zero-order valence-electron chi connectivity index (χ0n) is 9.95. The molecule has 6 heteroatoms. The summed E-state index contributed by atoms with van der Waals surface area (Å²) in [5.41, 5.74) is 9.12. The first-order chi connectivity index (χ1) is 8.13. The number of hydrogen-bond donors (Lipinski definition) is 1. The molecular formula is C11H16N4O2. The second-order valence-corrected chi connectivity index (χ2v) is 3.77. The Morgan fingerprint density at radius 3 is 2.94 bits per heavy atom. The lowest BCUT2D eigenvalue weighted by molar-refractivity contribution is 0.114. The van der Waals surface area contributed by atoms with Crippen LogP contribution in [0, 0.1) is 0 Å². The van der Waals surface area contributed by atoms with Crippen LogP contribution < -0.4 is 9.64 Å². The third kappa shape index (κ3) is 4.63. The van der Waals surface area contributed by atoms with Gasteiger partial charge in [-0.2, -0.15) is 0 Å². The number of rotatable bonds is 6. The Balaban J connectivity index is 2.51. The molecule has 0 heterocycles. The van der Waals surface area contributed by atoms with E-state index in [1.807, 2.05) is 43.3 Å². The van der Waals surface area contributed by atoms with Crippen LogP contribution in [0.1, 0.15) is 0 Å². The van der Waals surface area contributed by atoms with Gasteiger partial charge in [0.2, 0.25) is 0 Å². The Morgan fingerprint density at radius 1 is 1.53 bits per heavy atom. The molecule has 0 radical (unpaired) electrons. The van der Waals surface area contributed by atoms with Crippen molar-refractivity contribution < 1.29 is 9.84 Å². The molecule has 1 unspecified atom stereocenters. The highest BCUT2D eigenvalue weighted by Crippen LogP contribution is 2.19. The first-order valence-corrected chi connectivity index (χ1v) is 5.22. The summed E-state index contributed by atoms with van der Waals surface area (Å²) in [6, 6.07) is 7.53. The van der Waals surface area contributed by atoms with Crippen molar-refractivity contribution >= 4 is 5.69 Å². The quantitative estimate of drug-likeness (QED) is 0.464. The minimum Gasteiger partial charge on any atom is -0.491 e. The van der Waals surface area contributed by atoms with Crippen molar-refractivity contribution in [2.45, 2.75) is 6.10 Å². The van der Waals surface area contributed by atoms with E-state index in [-0.39, 0.29) is 13.2 Å². The highest BCUT2D eigenvalue weighted by atomic mass is 16.5. The van der Waals surface area contributed by atoms with Crippen LogP contribution in [0.5, 0.6) is 5.75 Å². The zero-order chi connectivity index (χ0) is 12.7. The van der Waals surface area contributed by atoms with Gasteiger partial charge in [0, 0.05) is 30.8 Å². The predicted molar refractivity (Wildman–Crippen MR) is 66.3 cm³/mol. The van der Waals surface area contributed by atoms with Crippen molar-refractivity contribution in [1.29, 1.82) is 0 Å². The molecule has 0 spiro atoms. The molecule has 1 atom stereocenters. The number of aliphatic hydroxyl groups is 1. The largest absolute Gasteiger partial charge is 0.491 e. The maximum atomic E-state index is 9.42. The van der Waals surface area contributed by atoms with Gasteiger partial charge in [0.25, 0.3) is 0 Å². The summed E-state index contributed by atoms with van der Waals surface area (Å²) >= 11 is 0. The van der Waals surface area contributed by atoms with Crippen LogP contribution >= 0.6 is 0 Å². The molecule has 17 heavy (non-hydrogen) atoms. The summed E-state index contributed by atoms with van der Waals surface area (Å²) in [4.78, 5) is 4.53. The van der Waals surface area contributed by atoms with E-state index in [0.29, 0.717) is 5.75 Å². The molecule has 1 aromatic carbocycles. The molecule has 6 nitrogen and oxygen atoms in total. The molecule has 0 aromatic heterocycles. The average molecular weight is 236 g/mol. The van der Waals surface area contributed by atoms with Gasteiger partial charge in [-0.25, -0.2) is 0 Å². The van der Waals surface area contributed by atoms with Crippen LogP contribution in [0.4, 0.5) is 5.69 Å². The molecule has 0 amide bonds. The molecule has 0 aliphatic rings. The molecule has 92 valence electrons. The lowest BCUT2D eigenvalue weighted by atomic mass is 10.3. The minimum absolute atomic E-state index is 0.0177. The Hall–Kier alpha value is -1.91. The number of aliphatic hydroxyl groups excluding tert-OH is 1. The van der Waals surface area contributed by atoms with E-state index < -0.39 is 6.10 Å². The molecule has 0 fully saturated rings. The van der Waals surface area contributed by atoms with Gasteiger partial charge < -0.3 is 14.7 Å². The van der Waals surface area contributed by atoms with Gasteiger partial charge in [0.1, 0.15) is 12.4 Å². The topological polar surface area (TPSA) is 81.5 Å². The van der Waals surface area contributed by atoms with Crippen LogP contribution in [0.25, 0.3) is 10.4 Å². The van der Waals surface area contributed by atoms with E-state index in [9.17, 15) is 5.11 Å². The normalized spacial score (nSPS) is 11.5. The number of benzene rings is 1. The lowest BCUT2D eigenvalue weighted by Crippen LogP contribution is -2.20. The van der Waals surface area contributed by atoms with E-state index in [1.165, 1.54) is 0 Å². The molecule has 0 aliphatic heterocycles. The summed E-state index contributed by atoms with van der Waals surface area (Å²) in [7, 11) is 3.88. The summed E-state index contributed by atoms with van der Waals surface area (Å²) in [6.07, 6.45) is -0.783. The Morgan fingerprint density at radius 2 is 2.29 bits per heavy atom. The maximum absolute atomic E-state index is 9.42. The van der Waals surface area contributed by atoms with Crippen molar-refractivity contribution in [3.8, 4) is 5.75 Å². The van der Waals surface area contributed by atoms with Crippen LogP contribution in [0.3, 0.4) is 0 Å². The Bertz CT molecular complexity index is 402. The highest BCUT2D eigenvalue weighted by Gasteiger charge is 2.04. The highest BCUT2D eigenvalue weighted by molar-refractivity contribution is 5.49. The lowest BCUT2D eigenvalue weighted by Gasteiger charge is -2.15. The predicted octanol–water partition coefficient (Wildman–Crippen LogP) is 1.80. The van der Waals surface area contributed by atoms with E-state index in [1.54, 1.807) is 0 Å². The summed E-state index contributed by atoms with van der Waals surface area (Å²) in [5.74, 6) is 0.677. The molecule has 1 rings (SSSR count). The number of hydrogen-bond acceptors (Lipinski definition) is 4. The van der Waals surface area contributed by atoms with Gasteiger partial charge in [-0.05, 0) is 17.7 Å². The zero-order valence-corrected chi connectivity index (χ0v) is 9.95. The fourth-order valence-corrected chi connectivity index (χ4v) is 1.23. The van der Waals surface area contributed by atoms with Gasteiger partial charge in [0.15, 0.2) is 0 Å². The van der Waals surface area contributed by atoms with Gasteiger partial charge in [-0.3, -0.25) is 0 Å². The Labute approximate surface area is 100 Å². The molecular weight excluding hydrogens is 220 g/mol. The third-order valence-corrected chi connectivity index (χ3v) is 2.13. The maximum Gasteiger partial charge on any atom is 0.121 e. The molecule has 0 bridgehead atoms. The van der Waals surface area contributed by atoms with Crippen molar-refractivity contribution in [2.75, 3.05) is 32.1 Å². The number of ether oxygens (including phenoxy) is 1. The first-order valence-electron chi connectivity index (χ1n) is 5.22. The van der Waals surface area contributed by atoms with Crippen molar-refractivity contribution in [3.63, 3.8) is 0 Å². The second-order valence-electron chi connectivity index (χ2n) is 3.77. The van der Waals surface area contributed by atoms with Gasteiger partial charge in [0.05, 0.1) is 12.6 Å². The smallest absolute Gasteiger partial charge is 0.121 e. The summed E-state index contributed by atoms with van der Waals surface area (Å²) in [6.45, 7) is 0.125. The number of anilines is 1. The molecule has 1 N–H and O–H groups in total. The van der Waals surface area contributed by atoms with E-state index >= 15 is 0 Å². The van der Waals surface area contributed by atoms with Gasteiger partial charge in [-0.15, -0.1) is 0 Å². The van der Waals surface area contributed by atoms with Crippen LogP contribution in [-0.2, 0) is 0 Å². The van der Waals surface area contributed by atoms with Crippen molar-refractivity contribution in [3.05, 3.63) is 34.7 Å². The second kappa shape index (κ2) is 6.62. The average Bonchev–Trinajstić information content (AvgIpc) is 2.34. The molecule has 1 aromatic rings. The number of azide groups is 1. The van der Waals surface area contributed by atoms with Crippen LogP contribution in [-0.4, -0.2) is 38.5 Å². The molecule has 0 aliphatic carbocycles. The minimum atomic E-state index is -0.783. The van der Waals surface area contributed by atoms with Crippen molar-refractivity contribution in [2.24, 2.45) is 5.11 Å². The van der Waals surface area contributed by atoms with Gasteiger partial charge >= 0.3 is 0 Å². The fraction of sp³-hybridized carbons (Fsp3) is 0.455. The summed E-state index contributed by atoms with van der Waals surface area (Å²) < 4.78 is 5.40. The fourth-order valence-electron chi connectivity index (χ4n) is 1.23.